The summed E-state index contributed by atoms with van der Waals surface area (Å²) in [4.78, 5) is 100. The Morgan fingerprint density at radius 2 is 1.14 bits per heavy atom. The van der Waals surface area contributed by atoms with Crippen molar-refractivity contribution in [3.05, 3.63) is 83.2 Å². The number of benzene rings is 2. The molecule has 430 valence electrons. The van der Waals surface area contributed by atoms with Gasteiger partial charge in [-0.2, -0.15) is 0 Å². The Balaban J connectivity index is 1.17. The maximum absolute atomic E-state index is 14.6. The van der Waals surface area contributed by atoms with Crippen LogP contribution in [0.1, 0.15) is 67.7 Å². The molecule has 0 aliphatic carbocycles. The Hall–Kier alpha value is -6.96. The van der Waals surface area contributed by atoms with E-state index in [4.69, 9.17) is 33.5 Å². The second-order valence-electron chi connectivity index (χ2n) is 22.6. The first kappa shape index (κ1) is 61.3. The summed E-state index contributed by atoms with van der Waals surface area (Å²) in [6, 6.07) is 4.51. The van der Waals surface area contributed by atoms with Crippen LogP contribution in [0.4, 0.5) is 16.2 Å². The monoisotopic (exact) mass is 1130 g/mol. The number of anilines is 2. The smallest absolute Gasteiger partial charge is 0.405 e. The van der Waals surface area contributed by atoms with Gasteiger partial charge in [0.1, 0.15) is 37.6 Å². The number of carbonyl (C=O) groups is 7. The average molecular weight is 1130 g/mol. The molecule has 0 saturated carbocycles. The third-order valence-corrected chi connectivity index (χ3v) is 17.0. The molecule has 79 heavy (non-hydrogen) atoms. The number of nitrogens with one attached hydrogen (secondary N) is 3. The highest BCUT2D eigenvalue weighted by Gasteiger charge is 2.45. The van der Waals surface area contributed by atoms with E-state index < -0.39 is 64.1 Å². The van der Waals surface area contributed by atoms with Crippen LogP contribution in [-0.4, -0.2) is 157 Å². The number of nitrogens with zero attached hydrogens (tertiary/aromatic N) is 4. The molecule has 2 aromatic rings. The number of methoxy groups -OCH3 is 2. The van der Waals surface area contributed by atoms with E-state index in [9.17, 15) is 33.6 Å². The molecule has 4 aliphatic rings. The molecule has 21 nitrogen and oxygen atoms in total. The van der Waals surface area contributed by atoms with Crippen molar-refractivity contribution < 1.29 is 67.1 Å². The topological polar surface area (TPSA) is 244 Å². The van der Waals surface area contributed by atoms with Crippen LogP contribution in [0, 0.1) is 5.92 Å². The van der Waals surface area contributed by atoms with Crippen LogP contribution in [0.15, 0.2) is 72.1 Å². The lowest BCUT2D eigenvalue weighted by molar-refractivity contribution is -0.130. The van der Waals surface area contributed by atoms with Crippen molar-refractivity contribution in [2.45, 2.75) is 122 Å². The van der Waals surface area contributed by atoms with Gasteiger partial charge in [-0.3, -0.25) is 38.6 Å². The fraction of sp³-hybridized carbons (Fsp3) is 0.518. The highest BCUT2D eigenvalue weighted by Crippen LogP contribution is 2.43. The number of carbonyl (C=O) groups excluding carboxylic acids is 6. The fourth-order valence-corrected chi connectivity index (χ4v) is 10.7. The molecular weight excluding hydrogens is 1050 g/mol. The Kier molecular flexibility index (Phi) is 20.8. The van der Waals surface area contributed by atoms with Crippen molar-refractivity contribution in [3.63, 3.8) is 0 Å². The van der Waals surface area contributed by atoms with Crippen LogP contribution in [0.5, 0.6) is 23.0 Å². The molecule has 0 spiro atoms. The molecular formula is C56H79N7O14Si2. The van der Waals surface area contributed by atoms with Crippen LogP contribution in [0.25, 0.3) is 0 Å². The summed E-state index contributed by atoms with van der Waals surface area (Å²) in [5, 5.41) is 16.6. The zero-order valence-corrected chi connectivity index (χ0v) is 49.7. The predicted octanol–water partition coefficient (Wildman–Crippen LogP) is 7.11. The molecule has 0 fully saturated rings. The van der Waals surface area contributed by atoms with Gasteiger partial charge in [0, 0.05) is 79.7 Å². The van der Waals surface area contributed by atoms with Gasteiger partial charge < -0.3 is 59.3 Å². The summed E-state index contributed by atoms with van der Waals surface area (Å²) in [7, 11) is -0.0126. The molecule has 4 aliphatic heterocycles. The first-order valence-corrected chi connectivity index (χ1v) is 34.2. The van der Waals surface area contributed by atoms with E-state index in [-0.39, 0.29) is 85.9 Å². The highest BCUT2D eigenvalue weighted by molar-refractivity contribution is 6.76. The van der Waals surface area contributed by atoms with E-state index in [1.807, 2.05) is 19.1 Å². The second kappa shape index (κ2) is 26.8. The van der Waals surface area contributed by atoms with Crippen LogP contribution >= 0.6 is 0 Å². The molecule has 2 aromatic carbocycles. The van der Waals surface area contributed by atoms with Crippen molar-refractivity contribution in [2.75, 3.05) is 70.5 Å². The van der Waals surface area contributed by atoms with E-state index in [0.29, 0.717) is 54.5 Å². The molecule has 0 unspecified atom stereocenters. The van der Waals surface area contributed by atoms with Crippen LogP contribution in [-0.2, 0) is 28.7 Å². The molecule has 4 atom stereocenters. The Morgan fingerprint density at radius 1 is 0.671 bits per heavy atom. The summed E-state index contributed by atoms with van der Waals surface area (Å²) in [5.74, 6) is -1.76. The van der Waals surface area contributed by atoms with Gasteiger partial charge in [-0.15, -0.1) is 0 Å². The molecule has 4 heterocycles. The number of allylic oxidation sites excluding steroid dienone is 3. The minimum Gasteiger partial charge on any atom is -0.493 e. The first-order chi connectivity index (χ1) is 37.4. The number of carboxylic acid groups (broad SMARTS) is 1. The quantitative estimate of drug-likeness (QED) is 0.0515. The van der Waals surface area contributed by atoms with Gasteiger partial charge in [0.15, 0.2) is 23.0 Å². The normalized spacial score (nSPS) is 18.1. The van der Waals surface area contributed by atoms with Gasteiger partial charge in [-0.05, 0) is 55.1 Å². The molecule has 0 bridgehead atoms. The SMILES string of the molecule is C/C=C/C1=CN2C(=O)c3cc(OC)c(OCCCOc4cc5c(cc4OC)C(=O)N4C=C(/C=C/CNC(=O)[C@H](C)NC(=O)[C@@H](NC(=O)O)C(C)C)C[C@H]4C(=O)N5COCC[Si](C)(C)C)cc3N(COCC[Si](C)(C)C)C(=O)[C@@H]2C1. The number of hydrogen-bond acceptors (Lipinski definition) is 13. The van der Waals surface area contributed by atoms with Gasteiger partial charge in [0.25, 0.3) is 23.6 Å². The third kappa shape index (κ3) is 15.7. The third-order valence-electron chi connectivity index (χ3n) is 13.6. The van der Waals surface area contributed by atoms with Crippen molar-refractivity contribution in [2.24, 2.45) is 5.92 Å². The molecule has 0 radical (unpaired) electrons. The molecule has 4 N–H and O–H groups in total. The molecule has 6 rings (SSSR count). The van der Waals surface area contributed by atoms with E-state index in [1.54, 1.807) is 62.7 Å². The van der Waals surface area contributed by atoms with E-state index >= 15 is 0 Å². The fourth-order valence-electron chi connectivity index (χ4n) is 9.16. The lowest BCUT2D eigenvalue weighted by atomic mass is 10.0. The van der Waals surface area contributed by atoms with Gasteiger partial charge >= 0.3 is 6.09 Å². The van der Waals surface area contributed by atoms with Gasteiger partial charge in [0.2, 0.25) is 11.8 Å². The number of rotatable bonds is 27. The standard InChI is InChI=1S/C56H79N7O14Si2/c1-13-16-37-25-43-54(68)62(33-74-21-23-78(7,8)9)41-29-47(45(72-5)27-39(41)52(66)60(43)31-37)76-19-15-20-77-48-30-42-40(28-46(48)73-6)53(67)61-32-38(26-44(61)55(69)63(42)34-75-22-24-79(10,11)12)17-14-18-57-50(64)36(4)58-51(65)49(35(2)3)59-56(70)71/h13-14,16-17,27-32,35-36,43-44,49,59H,15,18-26,33-34H2,1-12H3,(H,57,64)(H,58,65)(H,70,71)/b16-13+,17-14+/t36-,43-,44-,49-/m0/s1. The van der Waals surface area contributed by atoms with Gasteiger partial charge in [-0.25, -0.2) is 4.79 Å². The lowest BCUT2D eigenvalue weighted by Crippen LogP contribution is -2.54. The highest BCUT2D eigenvalue weighted by atomic mass is 28.3. The summed E-state index contributed by atoms with van der Waals surface area (Å²) in [5.41, 5.74) is 2.63. The maximum Gasteiger partial charge on any atom is 0.405 e. The number of hydrogen-bond donors (Lipinski definition) is 4. The number of amides is 7. The largest absolute Gasteiger partial charge is 0.493 e. The Labute approximate surface area is 465 Å². The van der Waals surface area contributed by atoms with Crippen LogP contribution in [0.3, 0.4) is 0 Å². The summed E-state index contributed by atoms with van der Waals surface area (Å²) in [6.45, 7) is 21.2. The Morgan fingerprint density at radius 3 is 1.56 bits per heavy atom. The number of ether oxygens (including phenoxy) is 6. The maximum atomic E-state index is 14.6. The van der Waals surface area contributed by atoms with Crippen molar-refractivity contribution in [1.82, 2.24) is 25.8 Å². The van der Waals surface area contributed by atoms with Crippen LogP contribution < -0.4 is 44.7 Å². The van der Waals surface area contributed by atoms with E-state index in [0.717, 1.165) is 17.7 Å². The van der Waals surface area contributed by atoms with Crippen molar-refractivity contribution in [3.8, 4) is 23.0 Å². The summed E-state index contributed by atoms with van der Waals surface area (Å²) >= 11 is 0. The van der Waals surface area contributed by atoms with Crippen LogP contribution in [0.2, 0.25) is 51.4 Å². The van der Waals surface area contributed by atoms with Gasteiger partial charge in [-0.1, -0.05) is 77.4 Å². The zero-order valence-electron chi connectivity index (χ0n) is 47.7. The zero-order chi connectivity index (χ0) is 57.9. The lowest BCUT2D eigenvalue weighted by Gasteiger charge is -2.27. The minimum atomic E-state index is -1.51. The number of fused-ring (bicyclic) bond motifs is 4. The second-order valence-corrected chi connectivity index (χ2v) is 33.9. The molecule has 23 heteroatoms. The minimum absolute atomic E-state index is 0.0470. The van der Waals surface area contributed by atoms with E-state index in [1.165, 1.54) is 40.7 Å². The first-order valence-electron chi connectivity index (χ1n) is 26.8. The summed E-state index contributed by atoms with van der Waals surface area (Å²) < 4.78 is 36.4. The van der Waals surface area contributed by atoms with Crippen molar-refractivity contribution in [1.29, 1.82) is 0 Å². The predicted molar refractivity (Wildman–Crippen MR) is 304 cm³/mol. The van der Waals surface area contributed by atoms with Crippen molar-refractivity contribution >= 4 is 69.1 Å². The average Bonchev–Trinajstić information content (AvgIpc) is 4.04. The molecule has 7 amide bonds. The summed E-state index contributed by atoms with van der Waals surface area (Å²) in [6.07, 6.45) is 10.0. The molecule has 0 saturated heterocycles. The van der Waals surface area contributed by atoms with E-state index in [2.05, 4.69) is 55.2 Å². The molecule has 0 aromatic heterocycles. The van der Waals surface area contributed by atoms with Gasteiger partial charge in [0.05, 0.1) is 49.9 Å². The Bertz CT molecular complexity index is 2750.